The smallest absolute Gasteiger partial charge is 0.223 e. The predicted molar refractivity (Wildman–Crippen MR) is 121 cm³/mol. The average molecular weight is 438 g/mol. The van der Waals surface area contributed by atoms with E-state index in [-0.39, 0.29) is 17.9 Å². The van der Waals surface area contributed by atoms with Crippen LogP contribution < -0.4 is 10.1 Å². The molecule has 0 bridgehead atoms. The van der Waals surface area contributed by atoms with E-state index in [1.54, 1.807) is 14.0 Å². The number of ether oxygens (including phenoxy) is 1. The van der Waals surface area contributed by atoms with Crippen LogP contribution in [0.1, 0.15) is 54.9 Å². The Kier molecular flexibility index (Phi) is 6.58. The van der Waals surface area contributed by atoms with Crippen molar-refractivity contribution in [3.63, 3.8) is 0 Å². The number of benzene rings is 1. The molecule has 1 atom stereocenters. The van der Waals surface area contributed by atoms with E-state index in [9.17, 15) is 9.59 Å². The van der Waals surface area contributed by atoms with Gasteiger partial charge in [0.05, 0.1) is 25.4 Å². The maximum atomic E-state index is 13.1. The second-order valence-electron chi connectivity index (χ2n) is 8.39. The number of nitrogens with zero attached hydrogens (tertiary/aromatic N) is 4. The normalized spacial score (nSPS) is 17.8. The van der Waals surface area contributed by atoms with E-state index in [1.165, 1.54) is 0 Å². The van der Waals surface area contributed by atoms with Gasteiger partial charge in [-0.05, 0) is 37.0 Å². The number of hydrogen-bond donors (Lipinski definition) is 1. The molecule has 0 unspecified atom stereocenters. The Labute approximate surface area is 189 Å². The highest BCUT2D eigenvalue weighted by atomic mass is 16.5. The van der Waals surface area contributed by atoms with Crippen LogP contribution in [0.25, 0.3) is 0 Å². The lowest BCUT2D eigenvalue weighted by molar-refractivity contribution is -0.132. The first-order chi connectivity index (χ1) is 15.5. The number of rotatable bonds is 6. The van der Waals surface area contributed by atoms with Crippen LogP contribution in [-0.2, 0) is 29.0 Å². The third-order valence-electron chi connectivity index (χ3n) is 6.42. The monoisotopic (exact) mass is 437 g/mol. The van der Waals surface area contributed by atoms with Gasteiger partial charge in [0.25, 0.3) is 0 Å². The molecule has 1 fully saturated rings. The fourth-order valence-electron chi connectivity index (χ4n) is 4.58. The van der Waals surface area contributed by atoms with Gasteiger partial charge in [-0.15, -0.1) is 0 Å². The summed E-state index contributed by atoms with van der Waals surface area (Å²) in [5.41, 5.74) is 3.08. The van der Waals surface area contributed by atoms with Crippen LogP contribution >= 0.6 is 0 Å². The van der Waals surface area contributed by atoms with E-state index in [4.69, 9.17) is 14.7 Å². The minimum atomic E-state index is -0.0957. The number of amides is 2. The number of aryl methyl sites for hydroxylation is 1. The molecule has 8 heteroatoms. The number of hydrogen-bond acceptors (Lipinski definition) is 6. The molecule has 2 aromatic rings. The summed E-state index contributed by atoms with van der Waals surface area (Å²) >= 11 is 0. The topological polar surface area (TPSA) is 87.7 Å². The first kappa shape index (κ1) is 22.0. The van der Waals surface area contributed by atoms with E-state index in [1.807, 2.05) is 41.1 Å². The molecule has 1 saturated heterocycles. The summed E-state index contributed by atoms with van der Waals surface area (Å²) in [4.78, 5) is 38.3. The lowest BCUT2D eigenvalue weighted by Gasteiger charge is -2.30. The van der Waals surface area contributed by atoms with E-state index >= 15 is 0 Å². The highest BCUT2D eigenvalue weighted by molar-refractivity contribution is 5.77. The van der Waals surface area contributed by atoms with Gasteiger partial charge in [-0.25, -0.2) is 9.97 Å². The van der Waals surface area contributed by atoms with Gasteiger partial charge in [0.1, 0.15) is 11.6 Å². The second-order valence-corrected chi connectivity index (χ2v) is 8.39. The van der Waals surface area contributed by atoms with Gasteiger partial charge in [0.2, 0.25) is 11.8 Å². The summed E-state index contributed by atoms with van der Waals surface area (Å²) in [6, 6.07) is 7.76. The summed E-state index contributed by atoms with van der Waals surface area (Å²) < 4.78 is 5.20. The maximum absolute atomic E-state index is 13.1. The van der Waals surface area contributed by atoms with Crippen LogP contribution in [0.3, 0.4) is 0 Å². The first-order valence-corrected chi connectivity index (χ1v) is 11.3. The molecule has 4 rings (SSSR count). The van der Waals surface area contributed by atoms with E-state index in [0.29, 0.717) is 38.2 Å². The third kappa shape index (κ3) is 4.54. The van der Waals surface area contributed by atoms with Gasteiger partial charge in [-0.1, -0.05) is 12.1 Å². The van der Waals surface area contributed by atoms with Crippen molar-refractivity contribution in [2.24, 2.45) is 0 Å². The lowest BCUT2D eigenvalue weighted by Crippen LogP contribution is -2.36. The van der Waals surface area contributed by atoms with Crippen LogP contribution in [0.15, 0.2) is 24.3 Å². The second kappa shape index (κ2) is 9.54. The summed E-state index contributed by atoms with van der Waals surface area (Å²) in [6.07, 6.45) is 3.68. The van der Waals surface area contributed by atoms with Crippen molar-refractivity contribution in [1.82, 2.24) is 19.8 Å². The molecule has 2 amide bonds. The number of fused-ring (bicyclic) bond motifs is 1. The number of carbonyl (C=O) groups is 2. The standard InChI is InChI=1S/C24H31N5O3/c1-16(30)28-14-12-20-19(15-28)23(25-2)27-24(26-20)21-5-4-13-29(21)22(31)11-8-17-6-9-18(32-3)10-7-17/h6-7,9-10,21H,4-5,8,11-15H2,1-3H3,(H,25,26,27)/t21-/m1/s1. The molecule has 0 aliphatic carbocycles. The van der Waals surface area contributed by atoms with Gasteiger partial charge < -0.3 is 19.9 Å². The van der Waals surface area contributed by atoms with Crippen LogP contribution in [0.5, 0.6) is 5.75 Å². The molecule has 2 aliphatic heterocycles. The molecular formula is C24H31N5O3. The molecule has 2 aliphatic rings. The molecule has 1 N–H and O–H groups in total. The maximum Gasteiger partial charge on any atom is 0.223 e. The number of carbonyl (C=O) groups excluding carboxylic acids is 2. The van der Waals surface area contributed by atoms with Crippen molar-refractivity contribution in [3.05, 3.63) is 46.9 Å². The number of aromatic nitrogens is 2. The molecule has 0 spiro atoms. The van der Waals surface area contributed by atoms with Crippen molar-refractivity contribution in [2.75, 3.05) is 32.6 Å². The van der Waals surface area contributed by atoms with Crippen molar-refractivity contribution >= 4 is 17.6 Å². The summed E-state index contributed by atoms with van der Waals surface area (Å²) in [5.74, 6) is 2.48. The van der Waals surface area contributed by atoms with E-state index < -0.39 is 0 Å². The first-order valence-electron chi connectivity index (χ1n) is 11.3. The van der Waals surface area contributed by atoms with Crippen LogP contribution in [0, 0.1) is 0 Å². The minimum absolute atomic E-state index is 0.0613. The molecule has 32 heavy (non-hydrogen) atoms. The highest BCUT2D eigenvalue weighted by Crippen LogP contribution is 2.33. The molecule has 170 valence electrons. The molecule has 0 saturated carbocycles. The Balaban J connectivity index is 1.49. The Morgan fingerprint density at radius 3 is 2.66 bits per heavy atom. The van der Waals surface area contributed by atoms with Crippen molar-refractivity contribution in [2.45, 2.75) is 51.6 Å². The minimum Gasteiger partial charge on any atom is -0.497 e. The Morgan fingerprint density at radius 1 is 1.19 bits per heavy atom. The fraction of sp³-hybridized carbons (Fsp3) is 0.500. The highest BCUT2D eigenvalue weighted by Gasteiger charge is 2.33. The van der Waals surface area contributed by atoms with Gasteiger partial charge in [0.15, 0.2) is 5.82 Å². The Hall–Kier alpha value is -3.16. The Bertz CT molecular complexity index is 975. The summed E-state index contributed by atoms with van der Waals surface area (Å²) in [5, 5.41) is 3.18. The van der Waals surface area contributed by atoms with Gasteiger partial charge in [-0.2, -0.15) is 0 Å². The van der Waals surface area contributed by atoms with Gasteiger partial charge in [-0.3, -0.25) is 9.59 Å². The van der Waals surface area contributed by atoms with Crippen molar-refractivity contribution in [3.8, 4) is 5.75 Å². The van der Waals surface area contributed by atoms with Crippen LogP contribution in [0.4, 0.5) is 5.82 Å². The number of likely N-dealkylation sites (tertiary alicyclic amines) is 1. The fourth-order valence-corrected chi connectivity index (χ4v) is 4.58. The third-order valence-corrected chi connectivity index (χ3v) is 6.42. The average Bonchev–Trinajstić information content (AvgIpc) is 3.32. The number of nitrogens with one attached hydrogen (secondary N) is 1. The zero-order valence-corrected chi connectivity index (χ0v) is 19.1. The quantitative estimate of drug-likeness (QED) is 0.748. The zero-order valence-electron chi connectivity index (χ0n) is 19.1. The molecule has 1 aromatic heterocycles. The number of anilines is 1. The van der Waals surface area contributed by atoms with Crippen LogP contribution in [0.2, 0.25) is 0 Å². The van der Waals surface area contributed by atoms with Crippen LogP contribution in [-0.4, -0.2) is 58.8 Å². The molecule has 3 heterocycles. The predicted octanol–water partition coefficient (Wildman–Crippen LogP) is 2.73. The van der Waals surface area contributed by atoms with E-state index in [0.717, 1.165) is 47.8 Å². The Morgan fingerprint density at radius 2 is 1.97 bits per heavy atom. The van der Waals surface area contributed by atoms with Gasteiger partial charge >= 0.3 is 0 Å². The van der Waals surface area contributed by atoms with Crippen molar-refractivity contribution in [1.29, 1.82) is 0 Å². The van der Waals surface area contributed by atoms with Gasteiger partial charge in [0, 0.05) is 45.5 Å². The largest absolute Gasteiger partial charge is 0.497 e. The molecule has 0 radical (unpaired) electrons. The van der Waals surface area contributed by atoms with Crippen molar-refractivity contribution < 1.29 is 14.3 Å². The zero-order chi connectivity index (χ0) is 22.7. The molecular weight excluding hydrogens is 406 g/mol. The lowest BCUT2D eigenvalue weighted by atomic mass is 10.0. The molecule has 1 aromatic carbocycles. The summed E-state index contributed by atoms with van der Waals surface area (Å²) in [7, 11) is 3.49. The van der Waals surface area contributed by atoms with E-state index in [2.05, 4.69) is 5.32 Å². The summed E-state index contributed by atoms with van der Waals surface area (Å²) in [6.45, 7) is 3.51. The molecule has 8 nitrogen and oxygen atoms in total. The number of methoxy groups -OCH3 is 1. The SMILES string of the molecule is CNc1nc([C@H]2CCCN2C(=O)CCc2ccc(OC)cc2)nc2c1CN(C(C)=O)CC2.